The molecule has 0 aromatic carbocycles. The summed E-state index contributed by atoms with van der Waals surface area (Å²) >= 11 is 0. The summed E-state index contributed by atoms with van der Waals surface area (Å²) in [5.41, 5.74) is 3.60. The van der Waals surface area contributed by atoms with Crippen LogP contribution in [0.25, 0.3) is 0 Å². The molecule has 0 amide bonds. The Labute approximate surface area is 72.6 Å². The van der Waals surface area contributed by atoms with E-state index in [-0.39, 0.29) is 0 Å². The number of H-pyrrole nitrogens is 1. The second-order valence-electron chi connectivity index (χ2n) is 3.49. The van der Waals surface area contributed by atoms with Gasteiger partial charge in [0, 0.05) is 13.0 Å². The molecule has 0 aliphatic heterocycles. The van der Waals surface area contributed by atoms with E-state index in [1.54, 1.807) is 0 Å². The zero-order valence-electron chi connectivity index (χ0n) is 7.65. The van der Waals surface area contributed by atoms with Crippen LogP contribution in [0.3, 0.4) is 0 Å². The third kappa shape index (κ3) is 1.00. The lowest BCUT2D eigenvalue weighted by Gasteiger charge is -2.24. The van der Waals surface area contributed by atoms with Crippen LogP contribution >= 0.6 is 0 Å². The van der Waals surface area contributed by atoms with Crippen LogP contribution in [0.4, 0.5) is 5.69 Å². The van der Waals surface area contributed by atoms with Gasteiger partial charge in [-0.3, -0.25) is 5.10 Å². The molecule has 3 heteroatoms. The van der Waals surface area contributed by atoms with E-state index in [4.69, 9.17) is 0 Å². The zero-order valence-corrected chi connectivity index (χ0v) is 7.65. The number of nitrogens with one attached hydrogen (secondary N) is 2. The van der Waals surface area contributed by atoms with Crippen molar-refractivity contribution in [3.8, 4) is 0 Å². The van der Waals surface area contributed by atoms with Gasteiger partial charge in [-0.25, -0.2) is 0 Å². The number of rotatable bonds is 2. The molecule has 0 radical (unpaired) electrons. The molecular formula is C9H15N3. The molecule has 1 aliphatic rings. The van der Waals surface area contributed by atoms with Crippen LogP contribution in [-0.2, 0) is 0 Å². The maximum absolute atomic E-state index is 4.32. The van der Waals surface area contributed by atoms with E-state index < -0.39 is 0 Å². The highest BCUT2D eigenvalue weighted by Crippen LogP contribution is 2.39. The average Bonchev–Trinajstić information content (AvgIpc) is 2.29. The first-order chi connectivity index (χ1) is 5.83. The van der Waals surface area contributed by atoms with E-state index in [1.807, 2.05) is 7.05 Å². The van der Waals surface area contributed by atoms with Crippen molar-refractivity contribution in [1.82, 2.24) is 10.2 Å². The molecule has 0 saturated heterocycles. The smallest absolute Gasteiger partial charge is 0.0887 e. The van der Waals surface area contributed by atoms with Crippen molar-refractivity contribution in [3.05, 3.63) is 11.4 Å². The molecule has 2 N–H and O–H groups in total. The highest BCUT2D eigenvalue weighted by Gasteiger charge is 2.25. The highest BCUT2D eigenvalue weighted by molar-refractivity contribution is 5.53. The fourth-order valence-corrected chi connectivity index (χ4v) is 1.74. The zero-order chi connectivity index (χ0) is 8.55. The van der Waals surface area contributed by atoms with Gasteiger partial charge in [-0.15, -0.1) is 0 Å². The lowest BCUT2D eigenvalue weighted by atomic mass is 9.82. The molecule has 0 atom stereocenters. The van der Waals surface area contributed by atoms with Gasteiger partial charge in [0.25, 0.3) is 0 Å². The number of anilines is 1. The van der Waals surface area contributed by atoms with Gasteiger partial charge >= 0.3 is 0 Å². The number of aromatic nitrogens is 2. The van der Waals surface area contributed by atoms with E-state index in [0.29, 0.717) is 5.92 Å². The maximum atomic E-state index is 4.32. The predicted molar refractivity (Wildman–Crippen MR) is 49.5 cm³/mol. The molecule has 1 aliphatic carbocycles. The molecule has 1 aromatic heterocycles. The lowest BCUT2D eigenvalue weighted by Crippen LogP contribution is -2.11. The summed E-state index contributed by atoms with van der Waals surface area (Å²) in [6.45, 7) is 2.06. The van der Waals surface area contributed by atoms with Gasteiger partial charge in [-0.1, -0.05) is 6.42 Å². The third-order valence-electron chi connectivity index (χ3n) is 2.72. The number of nitrogens with zero attached hydrogens (tertiary/aromatic N) is 1. The van der Waals surface area contributed by atoms with Gasteiger partial charge in [0.2, 0.25) is 0 Å². The molecule has 0 unspecified atom stereocenters. The quantitative estimate of drug-likeness (QED) is 0.704. The Morgan fingerprint density at radius 3 is 2.75 bits per heavy atom. The lowest BCUT2D eigenvalue weighted by molar-refractivity contribution is 0.411. The van der Waals surface area contributed by atoms with Gasteiger partial charge in [-0.2, -0.15) is 5.10 Å². The summed E-state index contributed by atoms with van der Waals surface area (Å²) in [7, 11) is 1.96. The number of hydrogen-bond donors (Lipinski definition) is 2. The van der Waals surface area contributed by atoms with Crippen LogP contribution in [0.15, 0.2) is 0 Å². The van der Waals surface area contributed by atoms with Crippen LogP contribution in [0.5, 0.6) is 0 Å². The normalized spacial score (nSPS) is 17.5. The average molecular weight is 165 g/mol. The van der Waals surface area contributed by atoms with E-state index >= 15 is 0 Å². The minimum Gasteiger partial charge on any atom is -0.385 e. The van der Waals surface area contributed by atoms with Crippen molar-refractivity contribution in [2.24, 2.45) is 0 Å². The molecule has 1 heterocycles. The van der Waals surface area contributed by atoms with Gasteiger partial charge in [0.15, 0.2) is 0 Å². The molecule has 0 bridgehead atoms. The number of aromatic amines is 1. The fourth-order valence-electron chi connectivity index (χ4n) is 1.74. The summed E-state index contributed by atoms with van der Waals surface area (Å²) in [4.78, 5) is 0. The van der Waals surface area contributed by atoms with Gasteiger partial charge in [-0.05, 0) is 19.8 Å². The van der Waals surface area contributed by atoms with Crippen LogP contribution in [0, 0.1) is 6.92 Å². The summed E-state index contributed by atoms with van der Waals surface area (Å²) in [6, 6.07) is 0. The minimum atomic E-state index is 0.706. The first kappa shape index (κ1) is 7.65. The minimum absolute atomic E-state index is 0.706. The van der Waals surface area contributed by atoms with Gasteiger partial charge in [0.1, 0.15) is 0 Å². The summed E-state index contributed by atoms with van der Waals surface area (Å²) in [5, 5.41) is 10.5. The molecular weight excluding hydrogens is 150 g/mol. The number of hydrogen-bond acceptors (Lipinski definition) is 2. The third-order valence-corrected chi connectivity index (χ3v) is 2.72. The van der Waals surface area contributed by atoms with Crippen molar-refractivity contribution >= 4 is 5.69 Å². The highest BCUT2D eigenvalue weighted by atomic mass is 15.2. The first-order valence-corrected chi connectivity index (χ1v) is 4.55. The standard InChI is InChI=1S/C9H15N3/c1-6-8(10-2)9(12-11-6)7-4-3-5-7/h7,10H,3-5H2,1-2H3,(H,11,12). The van der Waals surface area contributed by atoms with E-state index in [9.17, 15) is 0 Å². The Balaban J connectivity index is 2.29. The predicted octanol–water partition coefficient (Wildman–Crippen LogP) is 2.03. The van der Waals surface area contributed by atoms with Crippen LogP contribution < -0.4 is 5.32 Å². The van der Waals surface area contributed by atoms with Crippen LogP contribution in [-0.4, -0.2) is 17.2 Å². The molecule has 2 rings (SSSR count). The van der Waals surface area contributed by atoms with Gasteiger partial charge < -0.3 is 5.32 Å². The molecule has 3 nitrogen and oxygen atoms in total. The van der Waals surface area contributed by atoms with Crippen LogP contribution in [0.1, 0.15) is 36.6 Å². The summed E-state index contributed by atoms with van der Waals surface area (Å²) < 4.78 is 0. The Morgan fingerprint density at radius 2 is 2.25 bits per heavy atom. The Bertz CT molecular complexity index is 273. The molecule has 12 heavy (non-hydrogen) atoms. The van der Waals surface area contributed by atoms with Crippen molar-refractivity contribution < 1.29 is 0 Å². The van der Waals surface area contributed by atoms with Crippen molar-refractivity contribution in [1.29, 1.82) is 0 Å². The molecule has 1 aromatic rings. The SMILES string of the molecule is CNc1c(C2CCC2)n[nH]c1C. The number of aryl methyl sites for hydroxylation is 1. The Kier molecular flexibility index (Phi) is 1.79. The van der Waals surface area contributed by atoms with Crippen molar-refractivity contribution in [2.75, 3.05) is 12.4 Å². The molecule has 0 spiro atoms. The van der Waals surface area contributed by atoms with E-state index in [0.717, 1.165) is 5.69 Å². The van der Waals surface area contributed by atoms with Crippen molar-refractivity contribution in [3.63, 3.8) is 0 Å². The van der Waals surface area contributed by atoms with E-state index in [2.05, 4.69) is 22.4 Å². The van der Waals surface area contributed by atoms with Crippen molar-refractivity contribution in [2.45, 2.75) is 32.1 Å². The first-order valence-electron chi connectivity index (χ1n) is 4.55. The Hall–Kier alpha value is -0.990. The molecule has 1 saturated carbocycles. The maximum Gasteiger partial charge on any atom is 0.0887 e. The fraction of sp³-hybridized carbons (Fsp3) is 0.667. The topological polar surface area (TPSA) is 40.7 Å². The second kappa shape index (κ2) is 2.81. The Morgan fingerprint density at radius 1 is 1.50 bits per heavy atom. The summed E-state index contributed by atoms with van der Waals surface area (Å²) in [5.74, 6) is 0.706. The molecule has 1 fully saturated rings. The monoisotopic (exact) mass is 165 g/mol. The van der Waals surface area contributed by atoms with E-state index in [1.165, 1.54) is 30.6 Å². The second-order valence-corrected chi connectivity index (χ2v) is 3.49. The largest absolute Gasteiger partial charge is 0.385 e. The van der Waals surface area contributed by atoms with Crippen LogP contribution in [0.2, 0.25) is 0 Å². The molecule has 66 valence electrons. The summed E-state index contributed by atoms with van der Waals surface area (Å²) in [6.07, 6.45) is 3.97. The van der Waals surface area contributed by atoms with Gasteiger partial charge in [0.05, 0.1) is 17.1 Å².